The smallest absolute Gasteiger partial charge is 0.320 e. The summed E-state index contributed by atoms with van der Waals surface area (Å²) in [4.78, 5) is 11.1. The third kappa shape index (κ3) is 2.82. The molecule has 0 saturated heterocycles. The van der Waals surface area contributed by atoms with Crippen LogP contribution in [-0.2, 0) is 18.8 Å². The maximum absolute atomic E-state index is 11.1. The molecule has 14 heavy (non-hydrogen) atoms. The Labute approximate surface area is 81.6 Å². The lowest BCUT2D eigenvalue weighted by atomic mass is 10.2. The van der Waals surface area contributed by atoms with Crippen LogP contribution in [0.15, 0.2) is 30.3 Å². The largest absolute Gasteiger partial charge is 0.451 e. The predicted octanol–water partition coefficient (Wildman–Crippen LogP) is 0.735. The molecule has 0 aliphatic heterocycles. The van der Waals surface area contributed by atoms with Gasteiger partial charge in [0.25, 0.3) is 0 Å². The molecule has 6 heteroatoms. The molecule has 5 nitrogen and oxygen atoms in total. The fourth-order valence-corrected chi connectivity index (χ4v) is 1.10. The van der Waals surface area contributed by atoms with Crippen LogP contribution in [0.5, 0.6) is 0 Å². The van der Waals surface area contributed by atoms with Crippen LogP contribution in [0.4, 0.5) is 0 Å². The van der Waals surface area contributed by atoms with E-state index in [1.807, 2.05) is 0 Å². The van der Waals surface area contributed by atoms with Gasteiger partial charge in [-0.3, -0.25) is 0 Å². The number of carbonyl (C=O) groups is 1. The van der Waals surface area contributed by atoms with Crippen molar-refractivity contribution in [1.29, 1.82) is 0 Å². The van der Waals surface area contributed by atoms with Crippen molar-refractivity contribution in [3.63, 3.8) is 0 Å². The van der Waals surface area contributed by atoms with E-state index in [2.05, 4.69) is 8.37 Å². The van der Waals surface area contributed by atoms with Crippen LogP contribution < -0.4 is 0 Å². The summed E-state index contributed by atoms with van der Waals surface area (Å²) in [6, 6.07) is 7.76. The Balaban J connectivity index is 2.79. The van der Waals surface area contributed by atoms with Crippen molar-refractivity contribution in [2.24, 2.45) is 0 Å². The first-order valence-electron chi connectivity index (χ1n) is 3.64. The molecule has 1 rings (SSSR count). The highest BCUT2D eigenvalue weighted by Crippen LogP contribution is 2.04. The molecular weight excluding hydrogens is 208 g/mol. The standard InChI is InChI=1S/C8H8O5S/c1-12-14(10,11)13-8(9)7-5-3-2-4-6-7/h2-6H,1H3. The maximum Gasteiger partial charge on any atom is 0.451 e. The zero-order valence-corrected chi connectivity index (χ0v) is 8.15. The van der Waals surface area contributed by atoms with Gasteiger partial charge in [-0.05, 0) is 12.1 Å². The Bertz CT molecular complexity index is 409. The van der Waals surface area contributed by atoms with Crippen LogP contribution in [-0.4, -0.2) is 21.5 Å². The van der Waals surface area contributed by atoms with Gasteiger partial charge in [0.2, 0.25) is 0 Å². The van der Waals surface area contributed by atoms with E-state index < -0.39 is 16.4 Å². The minimum atomic E-state index is -4.22. The lowest BCUT2D eigenvalue weighted by molar-refractivity contribution is 0.0720. The van der Waals surface area contributed by atoms with Crippen molar-refractivity contribution in [3.05, 3.63) is 35.9 Å². The molecule has 0 fully saturated rings. The summed E-state index contributed by atoms with van der Waals surface area (Å²) >= 11 is 0. The highest BCUT2D eigenvalue weighted by molar-refractivity contribution is 7.82. The van der Waals surface area contributed by atoms with Gasteiger partial charge < -0.3 is 4.18 Å². The molecule has 0 aliphatic rings. The molecule has 0 amide bonds. The minimum Gasteiger partial charge on any atom is -0.320 e. The number of rotatable bonds is 3. The third-order valence-corrected chi connectivity index (χ3v) is 2.16. The van der Waals surface area contributed by atoms with Crippen LogP contribution in [0, 0.1) is 0 Å². The molecule has 0 heterocycles. The van der Waals surface area contributed by atoms with Crippen LogP contribution in [0.2, 0.25) is 0 Å². The molecule has 1 aromatic rings. The van der Waals surface area contributed by atoms with Crippen LogP contribution in [0.1, 0.15) is 10.4 Å². The Morgan fingerprint density at radius 1 is 1.21 bits per heavy atom. The summed E-state index contributed by atoms with van der Waals surface area (Å²) in [6.07, 6.45) is 0. The normalized spacial score (nSPS) is 10.9. The highest BCUT2D eigenvalue weighted by atomic mass is 32.3. The number of carbonyl (C=O) groups excluding carboxylic acids is 1. The summed E-state index contributed by atoms with van der Waals surface area (Å²) in [5.74, 6) is -0.965. The maximum atomic E-state index is 11.1. The van der Waals surface area contributed by atoms with Crippen molar-refractivity contribution in [2.45, 2.75) is 0 Å². The van der Waals surface area contributed by atoms with Gasteiger partial charge in [0.1, 0.15) is 0 Å². The summed E-state index contributed by atoms with van der Waals surface area (Å²) in [7, 11) is -3.31. The van der Waals surface area contributed by atoms with Gasteiger partial charge >= 0.3 is 16.4 Å². The summed E-state index contributed by atoms with van der Waals surface area (Å²) in [5.41, 5.74) is 0.146. The molecule has 0 radical (unpaired) electrons. The van der Waals surface area contributed by atoms with Crippen LogP contribution in [0.25, 0.3) is 0 Å². The monoisotopic (exact) mass is 216 g/mol. The summed E-state index contributed by atoms with van der Waals surface area (Å²) < 4.78 is 29.5. The fourth-order valence-electron chi connectivity index (χ4n) is 0.749. The lowest BCUT2D eigenvalue weighted by Crippen LogP contribution is -2.14. The quantitative estimate of drug-likeness (QED) is 0.745. The predicted molar refractivity (Wildman–Crippen MR) is 47.8 cm³/mol. The van der Waals surface area contributed by atoms with E-state index in [9.17, 15) is 13.2 Å². The van der Waals surface area contributed by atoms with E-state index in [1.54, 1.807) is 18.2 Å². The van der Waals surface area contributed by atoms with Crippen LogP contribution in [0.3, 0.4) is 0 Å². The lowest BCUT2D eigenvalue weighted by Gasteiger charge is -2.01. The van der Waals surface area contributed by atoms with Gasteiger partial charge in [-0.2, -0.15) is 8.42 Å². The van der Waals surface area contributed by atoms with Gasteiger partial charge in [-0.15, -0.1) is 0 Å². The Morgan fingerprint density at radius 3 is 2.29 bits per heavy atom. The fraction of sp³-hybridized carbons (Fsp3) is 0.125. The second kappa shape index (κ2) is 4.21. The highest BCUT2D eigenvalue weighted by Gasteiger charge is 2.17. The molecule has 0 aliphatic carbocycles. The summed E-state index contributed by atoms with van der Waals surface area (Å²) in [5, 5.41) is 0. The average Bonchev–Trinajstić information content (AvgIpc) is 2.19. The van der Waals surface area contributed by atoms with E-state index in [0.29, 0.717) is 0 Å². The second-order valence-corrected chi connectivity index (χ2v) is 3.63. The van der Waals surface area contributed by atoms with E-state index >= 15 is 0 Å². The molecule has 0 N–H and O–H groups in total. The molecular formula is C8H8O5S. The van der Waals surface area contributed by atoms with Gasteiger partial charge in [-0.1, -0.05) is 18.2 Å². The van der Waals surface area contributed by atoms with E-state index in [1.165, 1.54) is 12.1 Å². The van der Waals surface area contributed by atoms with E-state index in [0.717, 1.165) is 7.11 Å². The molecule has 0 spiro atoms. The Hall–Kier alpha value is -1.40. The topological polar surface area (TPSA) is 69.7 Å². The third-order valence-electron chi connectivity index (χ3n) is 1.39. The van der Waals surface area contributed by atoms with E-state index in [-0.39, 0.29) is 5.56 Å². The first-order chi connectivity index (χ1) is 6.55. The zero-order chi connectivity index (χ0) is 10.6. The Kier molecular flexibility index (Phi) is 3.21. The number of hydrogen-bond donors (Lipinski definition) is 0. The van der Waals surface area contributed by atoms with E-state index in [4.69, 9.17) is 0 Å². The van der Waals surface area contributed by atoms with Crippen molar-refractivity contribution < 1.29 is 21.6 Å². The molecule has 76 valence electrons. The van der Waals surface area contributed by atoms with Crippen LogP contribution >= 0.6 is 0 Å². The Morgan fingerprint density at radius 2 is 1.79 bits per heavy atom. The molecule has 0 saturated carbocycles. The molecule has 0 bridgehead atoms. The van der Waals surface area contributed by atoms with Crippen molar-refractivity contribution in [2.75, 3.05) is 7.11 Å². The van der Waals surface area contributed by atoms with Gasteiger partial charge in [0.15, 0.2) is 0 Å². The second-order valence-electron chi connectivity index (χ2n) is 2.31. The van der Waals surface area contributed by atoms with Crippen molar-refractivity contribution >= 4 is 16.4 Å². The molecule has 0 aromatic heterocycles. The average molecular weight is 216 g/mol. The van der Waals surface area contributed by atoms with Gasteiger partial charge in [-0.25, -0.2) is 8.98 Å². The number of hydrogen-bond acceptors (Lipinski definition) is 5. The van der Waals surface area contributed by atoms with Crippen molar-refractivity contribution in [3.8, 4) is 0 Å². The van der Waals surface area contributed by atoms with Crippen molar-refractivity contribution in [1.82, 2.24) is 0 Å². The SMILES string of the molecule is COS(=O)(=O)OC(=O)c1ccccc1. The zero-order valence-electron chi connectivity index (χ0n) is 7.34. The van der Waals surface area contributed by atoms with Gasteiger partial charge in [0.05, 0.1) is 12.7 Å². The first kappa shape index (κ1) is 10.7. The molecule has 0 unspecified atom stereocenters. The van der Waals surface area contributed by atoms with Gasteiger partial charge in [0, 0.05) is 0 Å². The number of benzene rings is 1. The minimum absolute atomic E-state index is 0.146. The first-order valence-corrected chi connectivity index (χ1v) is 4.98. The molecule has 0 atom stereocenters. The molecule has 1 aromatic carbocycles. The summed E-state index contributed by atoms with van der Waals surface area (Å²) in [6.45, 7) is 0.